The number of benzene rings is 2. The van der Waals surface area contributed by atoms with Crippen molar-refractivity contribution >= 4 is 22.6 Å². The average Bonchev–Trinajstić information content (AvgIpc) is 2.90. The van der Waals surface area contributed by atoms with Gasteiger partial charge in [-0.25, -0.2) is 0 Å². The van der Waals surface area contributed by atoms with E-state index in [9.17, 15) is 9.59 Å². The summed E-state index contributed by atoms with van der Waals surface area (Å²) in [5.41, 5.74) is 4.99. The predicted octanol–water partition coefficient (Wildman–Crippen LogP) is 4.18. The van der Waals surface area contributed by atoms with Crippen LogP contribution in [0.15, 0.2) is 60.7 Å². The van der Waals surface area contributed by atoms with E-state index in [0.717, 1.165) is 22.2 Å². The summed E-state index contributed by atoms with van der Waals surface area (Å²) in [5, 5.41) is 3.85. The van der Waals surface area contributed by atoms with Crippen molar-refractivity contribution in [2.24, 2.45) is 0 Å². The largest absolute Gasteiger partial charge is 0.348 e. The molecule has 1 N–H and O–H groups in total. The summed E-state index contributed by atoms with van der Waals surface area (Å²) >= 11 is 0. The second-order valence-electron chi connectivity index (χ2n) is 6.78. The molecule has 1 amide bonds. The van der Waals surface area contributed by atoms with Gasteiger partial charge in [-0.1, -0.05) is 48.0 Å². The molecule has 4 nitrogen and oxygen atoms in total. The minimum atomic E-state index is -0.122. The number of hydrogen-bond acceptors (Lipinski definition) is 2. The first-order chi connectivity index (χ1) is 13.0. The van der Waals surface area contributed by atoms with Crippen LogP contribution in [-0.2, 0) is 11.3 Å². The van der Waals surface area contributed by atoms with Gasteiger partial charge in [0.15, 0.2) is 5.78 Å². The number of ketones is 1. The maximum Gasteiger partial charge on any atom is 0.253 e. The van der Waals surface area contributed by atoms with Gasteiger partial charge in [0.1, 0.15) is 0 Å². The van der Waals surface area contributed by atoms with Gasteiger partial charge >= 0.3 is 0 Å². The second kappa shape index (κ2) is 8.04. The summed E-state index contributed by atoms with van der Waals surface area (Å²) in [6, 6.07) is 16.4. The van der Waals surface area contributed by atoms with E-state index in [-0.39, 0.29) is 11.7 Å². The molecule has 1 heterocycles. The highest BCUT2D eigenvalue weighted by atomic mass is 16.1. The molecule has 3 rings (SSSR count). The quantitative estimate of drug-likeness (QED) is 0.671. The first-order valence-corrected chi connectivity index (χ1v) is 9.06. The van der Waals surface area contributed by atoms with Gasteiger partial charge in [0.05, 0.1) is 5.56 Å². The Labute approximate surface area is 159 Å². The minimum Gasteiger partial charge on any atom is -0.348 e. The summed E-state index contributed by atoms with van der Waals surface area (Å²) in [6.45, 7) is 6.54. The van der Waals surface area contributed by atoms with Gasteiger partial charge in [-0.3, -0.25) is 9.59 Å². The van der Waals surface area contributed by atoms with Gasteiger partial charge in [0, 0.05) is 29.7 Å². The number of carbonyl (C=O) groups is 2. The number of rotatable bonds is 6. The first kappa shape index (κ1) is 18.6. The normalized spacial score (nSPS) is 11.2. The maximum absolute atomic E-state index is 12.9. The molecule has 138 valence electrons. The molecule has 0 aliphatic carbocycles. The zero-order valence-electron chi connectivity index (χ0n) is 16.0. The molecule has 0 fully saturated rings. The van der Waals surface area contributed by atoms with Crippen molar-refractivity contribution in [2.45, 2.75) is 27.3 Å². The number of hydrogen-bond donors (Lipinski definition) is 1. The van der Waals surface area contributed by atoms with Crippen LogP contribution in [0.2, 0.25) is 0 Å². The third kappa shape index (κ3) is 4.17. The Kier molecular flexibility index (Phi) is 5.55. The van der Waals surface area contributed by atoms with Crippen LogP contribution in [0.1, 0.15) is 34.1 Å². The smallest absolute Gasteiger partial charge is 0.253 e. The van der Waals surface area contributed by atoms with E-state index in [1.165, 1.54) is 18.6 Å². The van der Waals surface area contributed by atoms with E-state index in [0.29, 0.717) is 18.7 Å². The highest BCUT2D eigenvalue weighted by Gasteiger charge is 2.19. The van der Waals surface area contributed by atoms with Crippen molar-refractivity contribution in [3.8, 4) is 0 Å². The molecule has 0 bridgehead atoms. The van der Waals surface area contributed by atoms with Gasteiger partial charge in [0.2, 0.25) is 0 Å². The van der Waals surface area contributed by atoms with Gasteiger partial charge < -0.3 is 9.88 Å². The van der Waals surface area contributed by atoms with Crippen molar-refractivity contribution in [3.63, 3.8) is 0 Å². The molecule has 27 heavy (non-hydrogen) atoms. The van der Waals surface area contributed by atoms with Crippen LogP contribution in [0.4, 0.5) is 0 Å². The van der Waals surface area contributed by atoms with Crippen molar-refractivity contribution in [1.29, 1.82) is 0 Å². The summed E-state index contributed by atoms with van der Waals surface area (Å²) in [4.78, 5) is 23.9. The van der Waals surface area contributed by atoms with Gasteiger partial charge in [-0.05, 0) is 44.5 Å². The third-order valence-electron chi connectivity index (χ3n) is 4.62. The van der Waals surface area contributed by atoms with Crippen LogP contribution >= 0.6 is 0 Å². The first-order valence-electron chi connectivity index (χ1n) is 9.06. The van der Waals surface area contributed by atoms with Crippen LogP contribution in [0.3, 0.4) is 0 Å². The fourth-order valence-electron chi connectivity index (χ4n) is 3.32. The predicted molar refractivity (Wildman–Crippen MR) is 109 cm³/mol. The molecule has 4 heteroatoms. The summed E-state index contributed by atoms with van der Waals surface area (Å²) < 4.78 is 2.18. The van der Waals surface area contributed by atoms with E-state index in [2.05, 4.69) is 40.2 Å². The number of fused-ring (bicyclic) bond motifs is 1. The van der Waals surface area contributed by atoms with Crippen molar-refractivity contribution in [1.82, 2.24) is 9.88 Å². The molecule has 3 aromatic rings. The zero-order chi connectivity index (χ0) is 19.4. The highest BCUT2D eigenvalue weighted by Crippen LogP contribution is 2.28. The summed E-state index contributed by atoms with van der Waals surface area (Å²) in [6.07, 6.45) is 3.14. The number of aromatic nitrogens is 1. The molecule has 0 unspecified atom stereocenters. The Morgan fingerprint density at radius 2 is 1.81 bits per heavy atom. The Hall–Kier alpha value is -3.14. The maximum atomic E-state index is 12.9. The lowest BCUT2D eigenvalue weighted by atomic mass is 10.1. The van der Waals surface area contributed by atoms with Crippen LogP contribution in [0.5, 0.6) is 0 Å². The number of aryl methyl sites for hydroxylation is 1. The fourth-order valence-corrected chi connectivity index (χ4v) is 3.32. The lowest BCUT2D eigenvalue weighted by Gasteiger charge is -2.09. The molecule has 0 spiro atoms. The van der Waals surface area contributed by atoms with Crippen LogP contribution < -0.4 is 5.32 Å². The minimum absolute atomic E-state index is 0.0319. The topological polar surface area (TPSA) is 51.1 Å². The van der Waals surface area contributed by atoms with Gasteiger partial charge in [-0.2, -0.15) is 0 Å². The van der Waals surface area contributed by atoms with Gasteiger partial charge in [-0.15, -0.1) is 0 Å². The van der Waals surface area contributed by atoms with E-state index >= 15 is 0 Å². The average molecular weight is 360 g/mol. The standard InChI is InChI=1S/C23H24N2O2/c1-16-11-12-21-20(14-16)22(23(27)24-13-7-8-17(2)26)18(3)25(21)15-19-9-5-4-6-10-19/h4-12,14H,13,15H2,1-3H3,(H,24,27)/b8-7+. The molecule has 0 atom stereocenters. The van der Waals surface area contributed by atoms with E-state index in [1.807, 2.05) is 32.0 Å². The van der Waals surface area contributed by atoms with Gasteiger partial charge in [0.25, 0.3) is 5.91 Å². The lowest BCUT2D eigenvalue weighted by molar-refractivity contribution is -0.112. The molecular formula is C23H24N2O2. The Bertz CT molecular complexity index is 1010. The molecule has 2 aromatic carbocycles. The molecule has 1 aromatic heterocycles. The molecule has 0 saturated carbocycles. The Morgan fingerprint density at radius 3 is 2.52 bits per heavy atom. The van der Waals surface area contributed by atoms with Crippen LogP contribution in [-0.4, -0.2) is 22.8 Å². The van der Waals surface area contributed by atoms with Crippen molar-refractivity contribution < 1.29 is 9.59 Å². The highest BCUT2D eigenvalue weighted by molar-refractivity contribution is 6.08. The molecular weight excluding hydrogens is 336 g/mol. The second-order valence-corrected chi connectivity index (χ2v) is 6.78. The van der Waals surface area contributed by atoms with Crippen LogP contribution in [0.25, 0.3) is 10.9 Å². The number of nitrogens with zero attached hydrogens (tertiary/aromatic N) is 1. The number of amides is 1. The number of carbonyl (C=O) groups excluding carboxylic acids is 2. The summed E-state index contributed by atoms with van der Waals surface area (Å²) in [7, 11) is 0. The molecule has 0 aliphatic heterocycles. The van der Waals surface area contributed by atoms with E-state index in [4.69, 9.17) is 0 Å². The van der Waals surface area contributed by atoms with Crippen molar-refractivity contribution in [3.05, 3.63) is 83.1 Å². The third-order valence-corrected chi connectivity index (χ3v) is 4.62. The monoisotopic (exact) mass is 360 g/mol. The molecule has 0 aliphatic rings. The SMILES string of the molecule is CC(=O)/C=C/CNC(=O)c1c(C)n(Cc2ccccc2)c2ccc(C)cc12. The zero-order valence-corrected chi connectivity index (χ0v) is 16.0. The lowest BCUT2D eigenvalue weighted by Crippen LogP contribution is -2.24. The fraction of sp³-hybridized carbons (Fsp3) is 0.217. The number of allylic oxidation sites excluding steroid dienone is 1. The van der Waals surface area contributed by atoms with E-state index in [1.54, 1.807) is 6.08 Å². The van der Waals surface area contributed by atoms with E-state index < -0.39 is 0 Å². The Morgan fingerprint density at radius 1 is 1.07 bits per heavy atom. The number of nitrogens with one attached hydrogen (secondary N) is 1. The molecule has 0 radical (unpaired) electrons. The summed E-state index contributed by atoms with van der Waals surface area (Å²) in [5.74, 6) is -0.154. The Balaban J connectivity index is 1.99. The molecule has 0 saturated heterocycles. The van der Waals surface area contributed by atoms with Crippen molar-refractivity contribution in [2.75, 3.05) is 6.54 Å². The van der Waals surface area contributed by atoms with Crippen LogP contribution in [0, 0.1) is 13.8 Å².